The standard InChI is InChI=1S/C11H12FNO6S/c1-6(11(16)19-2)20(17,18)13-9-4-3-7(12)5-8(9)10(14)15/h3-6,13H,1-2H3,(H,14,15). The number of hydrogen-bond acceptors (Lipinski definition) is 5. The number of halogens is 1. The van der Waals surface area contributed by atoms with Gasteiger partial charge in [-0.2, -0.15) is 0 Å². The lowest BCUT2D eigenvalue weighted by atomic mass is 10.2. The second kappa shape index (κ2) is 5.87. The lowest BCUT2D eigenvalue weighted by Crippen LogP contribution is -2.33. The second-order valence-corrected chi connectivity index (χ2v) is 5.81. The summed E-state index contributed by atoms with van der Waals surface area (Å²) in [6, 6.07) is 2.52. The Labute approximate surface area is 114 Å². The molecular formula is C11H12FNO6S. The van der Waals surface area contributed by atoms with E-state index in [0.717, 1.165) is 26.2 Å². The van der Waals surface area contributed by atoms with Gasteiger partial charge < -0.3 is 9.84 Å². The first-order valence-electron chi connectivity index (χ1n) is 5.31. The summed E-state index contributed by atoms with van der Waals surface area (Å²) in [6.45, 7) is 1.08. The molecular weight excluding hydrogens is 293 g/mol. The van der Waals surface area contributed by atoms with E-state index >= 15 is 0 Å². The van der Waals surface area contributed by atoms with E-state index in [2.05, 4.69) is 4.74 Å². The van der Waals surface area contributed by atoms with Crippen LogP contribution in [0, 0.1) is 5.82 Å². The maximum absolute atomic E-state index is 13.0. The summed E-state index contributed by atoms with van der Waals surface area (Å²) in [6.07, 6.45) is 0. The van der Waals surface area contributed by atoms with Crippen LogP contribution in [0.2, 0.25) is 0 Å². The minimum Gasteiger partial charge on any atom is -0.478 e. The summed E-state index contributed by atoms with van der Waals surface area (Å²) in [7, 11) is -3.18. The van der Waals surface area contributed by atoms with Gasteiger partial charge in [0, 0.05) is 0 Å². The molecule has 1 atom stereocenters. The number of carboxylic acids is 1. The first-order valence-corrected chi connectivity index (χ1v) is 6.86. The van der Waals surface area contributed by atoms with Crippen molar-refractivity contribution >= 4 is 27.6 Å². The van der Waals surface area contributed by atoms with Gasteiger partial charge in [-0.3, -0.25) is 9.52 Å². The molecule has 0 radical (unpaired) electrons. The molecule has 110 valence electrons. The highest BCUT2D eigenvalue weighted by Gasteiger charge is 2.30. The molecule has 7 nitrogen and oxygen atoms in total. The van der Waals surface area contributed by atoms with E-state index < -0.39 is 38.6 Å². The highest BCUT2D eigenvalue weighted by molar-refractivity contribution is 7.94. The predicted octanol–water partition coefficient (Wildman–Crippen LogP) is 0.827. The van der Waals surface area contributed by atoms with E-state index in [-0.39, 0.29) is 5.69 Å². The van der Waals surface area contributed by atoms with E-state index in [4.69, 9.17) is 5.11 Å². The number of carboxylic acid groups (broad SMARTS) is 1. The Kier molecular flexibility index (Phi) is 4.66. The number of aromatic carboxylic acids is 1. The van der Waals surface area contributed by atoms with Gasteiger partial charge in [0.25, 0.3) is 0 Å². The number of benzene rings is 1. The molecule has 1 rings (SSSR count). The van der Waals surface area contributed by atoms with Crippen molar-refractivity contribution in [3.63, 3.8) is 0 Å². The summed E-state index contributed by atoms with van der Waals surface area (Å²) >= 11 is 0. The van der Waals surface area contributed by atoms with Crippen molar-refractivity contribution in [2.24, 2.45) is 0 Å². The van der Waals surface area contributed by atoms with Crippen molar-refractivity contribution in [1.82, 2.24) is 0 Å². The van der Waals surface area contributed by atoms with Gasteiger partial charge in [-0.15, -0.1) is 0 Å². The Balaban J connectivity index is 3.16. The zero-order chi connectivity index (χ0) is 15.5. The molecule has 20 heavy (non-hydrogen) atoms. The summed E-state index contributed by atoms with van der Waals surface area (Å²) in [5.41, 5.74) is -0.903. The lowest BCUT2D eigenvalue weighted by molar-refractivity contribution is -0.139. The average Bonchev–Trinajstić information content (AvgIpc) is 2.38. The first kappa shape index (κ1) is 15.9. The van der Waals surface area contributed by atoms with E-state index in [1.807, 2.05) is 4.72 Å². The fourth-order valence-electron chi connectivity index (χ4n) is 1.32. The maximum Gasteiger partial charge on any atom is 0.337 e. The van der Waals surface area contributed by atoms with Crippen molar-refractivity contribution in [2.75, 3.05) is 11.8 Å². The van der Waals surface area contributed by atoms with Gasteiger partial charge in [-0.1, -0.05) is 0 Å². The van der Waals surface area contributed by atoms with Gasteiger partial charge in [-0.05, 0) is 25.1 Å². The fourth-order valence-corrected chi connectivity index (χ4v) is 2.33. The number of esters is 1. The Morgan fingerprint density at radius 3 is 2.50 bits per heavy atom. The monoisotopic (exact) mass is 305 g/mol. The van der Waals surface area contributed by atoms with E-state index in [9.17, 15) is 22.4 Å². The number of methoxy groups -OCH3 is 1. The smallest absolute Gasteiger partial charge is 0.337 e. The van der Waals surface area contributed by atoms with Crippen LogP contribution in [0.25, 0.3) is 0 Å². The molecule has 0 aliphatic heterocycles. The van der Waals surface area contributed by atoms with Gasteiger partial charge >= 0.3 is 11.9 Å². The van der Waals surface area contributed by atoms with Crippen LogP contribution in [-0.2, 0) is 19.6 Å². The van der Waals surface area contributed by atoms with E-state index in [1.165, 1.54) is 0 Å². The zero-order valence-corrected chi connectivity index (χ0v) is 11.4. The number of sulfonamides is 1. The first-order chi connectivity index (χ1) is 9.19. The number of nitrogens with one attached hydrogen (secondary N) is 1. The topological polar surface area (TPSA) is 110 Å². The number of anilines is 1. The number of carbonyl (C=O) groups is 2. The van der Waals surface area contributed by atoms with Crippen molar-refractivity contribution in [1.29, 1.82) is 0 Å². The Morgan fingerprint density at radius 1 is 1.40 bits per heavy atom. The van der Waals surface area contributed by atoms with Crippen LogP contribution >= 0.6 is 0 Å². The molecule has 0 heterocycles. The maximum atomic E-state index is 13.0. The fraction of sp³-hybridized carbons (Fsp3) is 0.273. The van der Waals surface area contributed by atoms with E-state index in [1.54, 1.807) is 0 Å². The molecule has 1 unspecified atom stereocenters. The van der Waals surface area contributed by atoms with Crippen LogP contribution in [0.3, 0.4) is 0 Å². The van der Waals surface area contributed by atoms with Crippen molar-refractivity contribution in [3.05, 3.63) is 29.6 Å². The highest BCUT2D eigenvalue weighted by Crippen LogP contribution is 2.20. The third-order valence-corrected chi connectivity index (χ3v) is 4.09. The number of rotatable bonds is 5. The molecule has 1 aromatic carbocycles. The van der Waals surface area contributed by atoms with Crippen LogP contribution in [0.1, 0.15) is 17.3 Å². The molecule has 0 saturated heterocycles. The SMILES string of the molecule is COC(=O)C(C)S(=O)(=O)Nc1ccc(F)cc1C(=O)O. The molecule has 0 fully saturated rings. The molecule has 0 bridgehead atoms. The Hall–Kier alpha value is -2.16. The molecule has 1 aromatic rings. The number of hydrogen-bond donors (Lipinski definition) is 2. The van der Waals surface area contributed by atoms with Crippen LogP contribution in [0.5, 0.6) is 0 Å². The molecule has 0 aliphatic carbocycles. The van der Waals surface area contributed by atoms with Gasteiger partial charge in [-0.25, -0.2) is 17.6 Å². The quantitative estimate of drug-likeness (QED) is 0.780. The van der Waals surface area contributed by atoms with Gasteiger partial charge in [0.2, 0.25) is 10.0 Å². The average molecular weight is 305 g/mol. The minimum absolute atomic E-state index is 0.338. The Morgan fingerprint density at radius 2 is 2.00 bits per heavy atom. The number of carbonyl (C=O) groups excluding carboxylic acids is 1. The third kappa shape index (κ3) is 3.44. The molecule has 0 aliphatic rings. The van der Waals surface area contributed by atoms with Crippen molar-refractivity contribution in [3.8, 4) is 0 Å². The molecule has 9 heteroatoms. The second-order valence-electron chi connectivity index (χ2n) is 3.81. The number of ether oxygens (including phenoxy) is 1. The molecule has 0 spiro atoms. The highest BCUT2D eigenvalue weighted by atomic mass is 32.2. The Bertz CT molecular complexity index is 642. The minimum atomic E-state index is -4.20. The molecule has 0 aromatic heterocycles. The third-order valence-electron chi connectivity index (χ3n) is 2.46. The summed E-state index contributed by atoms with van der Waals surface area (Å²) in [5, 5.41) is 7.35. The van der Waals surface area contributed by atoms with Crippen LogP contribution < -0.4 is 4.72 Å². The van der Waals surface area contributed by atoms with Gasteiger partial charge in [0.15, 0.2) is 5.25 Å². The van der Waals surface area contributed by atoms with Crippen LogP contribution in [0.4, 0.5) is 10.1 Å². The summed E-state index contributed by atoms with van der Waals surface area (Å²) < 4.78 is 42.9. The lowest BCUT2D eigenvalue weighted by Gasteiger charge is -2.14. The van der Waals surface area contributed by atoms with E-state index in [0.29, 0.717) is 6.07 Å². The van der Waals surface area contributed by atoms with Crippen molar-refractivity contribution < 1.29 is 32.2 Å². The van der Waals surface area contributed by atoms with Crippen LogP contribution in [-0.4, -0.2) is 37.8 Å². The molecule has 0 saturated carbocycles. The summed E-state index contributed by atoms with van der Waals surface area (Å²) in [5.74, 6) is -3.34. The van der Waals surface area contributed by atoms with Gasteiger partial charge in [0.1, 0.15) is 5.82 Å². The largest absolute Gasteiger partial charge is 0.478 e. The predicted molar refractivity (Wildman–Crippen MR) is 67.4 cm³/mol. The summed E-state index contributed by atoms with van der Waals surface area (Å²) in [4.78, 5) is 22.1. The zero-order valence-electron chi connectivity index (χ0n) is 10.6. The van der Waals surface area contributed by atoms with Crippen LogP contribution in [0.15, 0.2) is 18.2 Å². The van der Waals surface area contributed by atoms with Gasteiger partial charge in [0.05, 0.1) is 18.4 Å². The normalized spacial score (nSPS) is 12.6. The van der Waals surface area contributed by atoms with Crippen molar-refractivity contribution in [2.45, 2.75) is 12.2 Å². The molecule has 0 amide bonds. The molecule has 2 N–H and O–H groups in total.